The Morgan fingerprint density at radius 2 is 2.14 bits per heavy atom. The van der Waals surface area contributed by atoms with Crippen LogP contribution in [0, 0.1) is 0 Å². The maximum absolute atomic E-state index is 12.3. The van der Waals surface area contributed by atoms with Crippen LogP contribution in [0.4, 0.5) is 0 Å². The van der Waals surface area contributed by atoms with Crippen LogP contribution in [0.1, 0.15) is 6.42 Å². The molecule has 0 bridgehead atoms. The molecule has 0 aliphatic carbocycles. The maximum Gasteiger partial charge on any atom is 0.243 e. The summed E-state index contributed by atoms with van der Waals surface area (Å²) in [5.41, 5.74) is 0. The summed E-state index contributed by atoms with van der Waals surface area (Å²) in [6.07, 6.45) is 0.266. The summed E-state index contributed by atoms with van der Waals surface area (Å²) < 4.78 is 5.53. The number of carbonyl (C=O) groups excluding carboxylic acids is 2. The first-order valence-electron chi connectivity index (χ1n) is 7.12. The van der Waals surface area contributed by atoms with E-state index in [0.717, 1.165) is 5.75 Å². The highest BCUT2D eigenvalue weighted by Crippen LogP contribution is 2.10. The van der Waals surface area contributed by atoms with Crippen molar-refractivity contribution in [3.05, 3.63) is 30.3 Å². The molecule has 1 fully saturated rings. The van der Waals surface area contributed by atoms with Crippen LogP contribution in [-0.4, -0.2) is 56.0 Å². The number of piperazine rings is 1. The SMILES string of the molecule is CNC(=O)C1CNCCN1C(=O)CCOc1ccccc1. The second-order valence-electron chi connectivity index (χ2n) is 4.83. The minimum Gasteiger partial charge on any atom is -0.493 e. The summed E-state index contributed by atoms with van der Waals surface area (Å²) in [5.74, 6) is 0.550. The van der Waals surface area contributed by atoms with E-state index in [9.17, 15) is 9.59 Å². The van der Waals surface area contributed by atoms with E-state index in [0.29, 0.717) is 26.2 Å². The van der Waals surface area contributed by atoms with E-state index in [1.165, 1.54) is 0 Å². The largest absolute Gasteiger partial charge is 0.493 e. The number of hydrogen-bond acceptors (Lipinski definition) is 4. The molecule has 1 atom stereocenters. The van der Waals surface area contributed by atoms with E-state index >= 15 is 0 Å². The molecule has 2 N–H and O–H groups in total. The minimum absolute atomic E-state index is 0.0546. The molecule has 1 aliphatic heterocycles. The number of nitrogens with one attached hydrogen (secondary N) is 2. The summed E-state index contributed by atoms with van der Waals surface area (Å²) in [5, 5.41) is 5.73. The molecule has 6 heteroatoms. The highest BCUT2D eigenvalue weighted by molar-refractivity contribution is 5.88. The monoisotopic (exact) mass is 291 g/mol. The van der Waals surface area contributed by atoms with Crippen LogP contribution in [-0.2, 0) is 9.59 Å². The van der Waals surface area contributed by atoms with Crippen molar-refractivity contribution in [3.63, 3.8) is 0 Å². The van der Waals surface area contributed by atoms with Crippen LogP contribution >= 0.6 is 0 Å². The molecule has 2 rings (SSSR count). The third-order valence-electron chi connectivity index (χ3n) is 3.44. The van der Waals surface area contributed by atoms with Crippen LogP contribution in [0.5, 0.6) is 5.75 Å². The zero-order valence-electron chi connectivity index (χ0n) is 12.2. The fourth-order valence-corrected chi connectivity index (χ4v) is 2.32. The molecule has 1 unspecified atom stereocenters. The van der Waals surface area contributed by atoms with Gasteiger partial charge < -0.3 is 20.3 Å². The normalized spacial score (nSPS) is 18.1. The zero-order valence-corrected chi connectivity index (χ0v) is 12.2. The summed E-state index contributed by atoms with van der Waals surface area (Å²) in [6, 6.07) is 8.94. The molecule has 1 aromatic rings. The maximum atomic E-state index is 12.3. The van der Waals surface area contributed by atoms with Gasteiger partial charge >= 0.3 is 0 Å². The molecule has 2 amide bonds. The highest BCUT2D eigenvalue weighted by Gasteiger charge is 2.31. The van der Waals surface area contributed by atoms with Gasteiger partial charge in [-0.05, 0) is 12.1 Å². The molecule has 0 aromatic heterocycles. The van der Waals surface area contributed by atoms with Gasteiger partial charge in [0.05, 0.1) is 13.0 Å². The minimum atomic E-state index is -0.437. The van der Waals surface area contributed by atoms with Crippen molar-refractivity contribution in [2.75, 3.05) is 33.3 Å². The number of amides is 2. The number of carbonyl (C=O) groups is 2. The molecule has 0 radical (unpaired) electrons. The quantitative estimate of drug-likeness (QED) is 0.801. The first kappa shape index (κ1) is 15.3. The fraction of sp³-hybridized carbons (Fsp3) is 0.467. The van der Waals surface area contributed by atoms with Crippen molar-refractivity contribution >= 4 is 11.8 Å². The molecule has 0 saturated carbocycles. The third kappa shape index (κ3) is 4.19. The Hall–Kier alpha value is -2.08. The lowest BCUT2D eigenvalue weighted by Gasteiger charge is -2.35. The molecule has 6 nitrogen and oxygen atoms in total. The van der Waals surface area contributed by atoms with E-state index < -0.39 is 6.04 Å². The lowest BCUT2D eigenvalue weighted by molar-refractivity contribution is -0.141. The predicted octanol–water partition coefficient (Wildman–Crippen LogP) is 0.00190. The van der Waals surface area contributed by atoms with E-state index in [2.05, 4.69) is 10.6 Å². The highest BCUT2D eigenvalue weighted by atomic mass is 16.5. The number of para-hydroxylation sites is 1. The number of hydrogen-bond donors (Lipinski definition) is 2. The van der Waals surface area contributed by atoms with Gasteiger partial charge in [-0.2, -0.15) is 0 Å². The second kappa shape index (κ2) is 7.64. The summed E-state index contributed by atoms with van der Waals surface area (Å²) in [7, 11) is 1.58. The van der Waals surface area contributed by atoms with E-state index in [-0.39, 0.29) is 18.2 Å². The van der Waals surface area contributed by atoms with E-state index in [4.69, 9.17) is 4.74 Å². The van der Waals surface area contributed by atoms with Gasteiger partial charge in [0.25, 0.3) is 0 Å². The van der Waals surface area contributed by atoms with Crippen molar-refractivity contribution < 1.29 is 14.3 Å². The smallest absolute Gasteiger partial charge is 0.243 e. The summed E-state index contributed by atoms with van der Waals surface area (Å²) in [4.78, 5) is 25.7. The van der Waals surface area contributed by atoms with Gasteiger partial charge in [-0.15, -0.1) is 0 Å². The van der Waals surface area contributed by atoms with Gasteiger partial charge in [0, 0.05) is 26.7 Å². The van der Waals surface area contributed by atoms with Crippen molar-refractivity contribution in [1.29, 1.82) is 0 Å². The lowest BCUT2D eigenvalue weighted by atomic mass is 10.1. The Morgan fingerprint density at radius 1 is 1.38 bits per heavy atom. The molecular weight excluding hydrogens is 270 g/mol. The molecule has 1 aliphatic rings. The fourth-order valence-electron chi connectivity index (χ4n) is 2.32. The molecule has 1 saturated heterocycles. The third-order valence-corrected chi connectivity index (χ3v) is 3.44. The van der Waals surface area contributed by atoms with Crippen LogP contribution < -0.4 is 15.4 Å². The Bertz CT molecular complexity index is 478. The lowest BCUT2D eigenvalue weighted by Crippen LogP contribution is -2.59. The van der Waals surface area contributed by atoms with E-state index in [1.807, 2.05) is 30.3 Å². The van der Waals surface area contributed by atoms with Crippen molar-refractivity contribution in [2.24, 2.45) is 0 Å². The Labute approximate surface area is 124 Å². The molecule has 114 valence electrons. The Balaban J connectivity index is 1.84. The Kier molecular flexibility index (Phi) is 5.57. The van der Waals surface area contributed by atoms with E-state index in [1.54, 1.807) is 11.9 Å². The zero-order chi connectivity index (χ0) is 15.1. The van der Waals surface area contributed by atoms with Gasteiger partial charge in [0.2, 0.25) is 11.8 Å². The summed E-state index contributed by atoms with van der Waals surface area (Å²) in [6.45, 7) is 2.05. The average molecular weight is 291 g/mol. The van der Waals surface area contributed by atoms with Crippen molar-refractivity contribution in [2.45, 2.75) is 12.5 Å². The number of rotatable bonds is 5. The first-order valence-corrected chi connectivity index (χ1v) is 7.12. The molecular formula is C15H21N3O3. The molecule has 1 aromatic carbocycles. The van der Waals surface area contributed by atoms with Gasteiger partial charge in [-0.25, -0.2) is 0 Å². The molecule has 1 heterocycles. The number of ether oxygens (including phenoxy) is 1. The second-order valence-corrected chi connectivity index (χ2v) is 4.83. The first-order chi connectivity index (χ1) is 10.2. The van der Waals surface area contributed by atoms with Gasteiger partial charge in [-0.3, -0.25) is 9.59 Å². The van der Waals surface area contributed by atoms with Gasteiger partial charge in [0.1, 0.15) is 11.8 Å². The van der Waals surface area contributed by atoms with Gasteiger partial charge in [-0.1, -0.05) is 18.2 Å². The molecule has 21 heavy (non-hydrogen) atoms. The Morgan fingerprint density at radius 3 is 2.86 bits per heavy atom. The van der Waals surface area contributed by atoms with Crippen LogP contribution in [0.25, 0.3) is 0 Å². The van der Waals surface area contributed by atoms with Crippen molar-refractivity contribution in [3.8, 4) is 5.75 Å². The number of likely N-dealkylation sites (N-methyl/N-ethyl adjacent to an activating group) is 1. The number of benzene rings is 1. The van der Waals surface area contributed by atoms with Crippen molar-refractivity contribution in [1.82, 2.24) is 15.5 Å². The average Bonchev–Trinajstić information content (AvgIpc) is 2.55. The van der Waals surface area contributed by atoms with Crippen LogP contribution in [0.15, 0.2) is 30.3 Å². The molecule has 0 spiro atoms. The summed E-state index contributed by atoms with van der Waals surface area (Å²) >= 11 is 0. The topological polar surface area (TPSA) is 70.7 Å². The standard InChI is InChI=1S/C15H21N3O3/c1-16-15(20)13-11-17-8-9-18(13)14(19)7-10-21-12-5-3-2-4-6-12/h2-6,13,17H,7-11H2,1H3,(H,16,20). The van der Waals surface area contributed by atoms with Gasteiger partial charge in [0.15, 0.2) is 0 Å². The van der Waals surface area contributed by atoms with Crippen LogP contribution in [0.3, 0.4) is 0 Å². The predicted molar refractivity (Wildman–Crippen MR) is 79.0 cm³/mol. The van der Waals surface area contributed by atoms with Crippen LogP contribution in [0.2, 0.25) is 0 Å². The number of nitrogens with zero attached hydrogens (tertiary/aromatic N) is 1.